The number of rotatable bonds is 5. The second-order valence-electron chi connectivity index (χ2n) is 5.91. The van der Waals surface area contributed by atoms with E-state index in [4.69, 9.17) is 5.84 Å². The van der Waals surface area contributed by atoms with Crippen LogP contribution in [0.1, 0.15) is 31.5 Å². The Morgan fingerprint density at radius 3 is 2.90 bits per heavy atom. The largest absolute Gasteiger partial charge is 0.305 e. The molecule has 2 heterocycles. The van der Waals surface area contributed by atoms with E-state index < -0.39 is 0 Å². The highest BCUT2D eigenvalue weighted by molar-refractivity contribution is 9.10. The first-order chi connectivity index (χ1) is 10.1. The molecule has 2 rings (SSSR count). The molecule has 0 saturated carbocycles. The average molecular weight is 359 g/mol. The Hall–Kier alpha value is -0.470. The van der Waals surface area contributed by atoms with Gasteiger partial charge in [-0.2, -0.15) is 5.10 Å². The van der Waals surface area contributed by atoms with Crippen LogP contribution in [-0.2, 0) is 6.54 Å². The van der Waals surface area contributed by atoms with Crippen molar-refractivity contribution in [3.8, 4) is 0 Å². The van der Waals surface area contributed by atoms with Crippen LogP contribution in [0.4, 0.5) is 0 Å². The lowest BCUT2D eigenvalue weighted by atomic mass is 10.0. The third kappa shape index (κ3) is 3.84. The highest BCUT2D eigenvalue weighted by Crippen LogP contribution is 2.28. The molecular formula is C14H27BrN6. The predicted molar refractivity (Wildman–Crippen MR) is 88.8 cm³/mol. The zero-order valence-corrected chi connectivity index (χ0v) is 14.8. The van der Waals surface area contributed by atoms with Gasteiger partial charge in [-0.15, -0.1) is 0 Å². The number of aryl methyl sites for hydroxylation is 1. The Bertz CT molecular complexity index is 449. The molecule has 1 saturated heterocycles. The molecule has 0 radical (unpaired) electrons. The third-order valence-corrected chi connectivity index (χ3v) is 4.85. The van der Waals surface area contributed by atoms with Crippen LogP contribution in [0.15, 0.2) is 10.7 Å². The Balaban J connectivity index is 2.31. The molecule has 0 bridgehead atoms. The summed E-state index contributed by atoms with van der Waals surface area (Å²) in [4.78, 5) is 4.79. The first-order valence-electron chi connectivity index (χ1n) is 7.64. The molecule has 0 amide bonds. The lowest BCUT2D eigenvalue weighted by Crippen LogP contribution is -2.49. The molecule has 1 aromatic rings. The predicted octanol–water partition coefficient (Wildman–Crippen LogP) is 1.20. The number of hydrogen-bond acceptors (Lipinski definition) is 5. The summed E-state index contributed by atoms with van der Waals surface area (Å²) in [5.74, 6) is 5.93. The fourth-order valence-corrected chi connectivity index (χ4v) is 3.65. The fraction of sp³-hybridized carbons (Fsp3) is 0.786. The summed E-state index contributed by atoms with van der Waals surface area (Å²) in [6.07, 6.45) is 4.12. The number of likely N-dealkylation sites (N-methyl/N-ethyl adjacent to an activating group) is 2. The monoisotopic (exact) mass is 358 g/mol. The molecule has 0 aromatic carbocycles. The summed E-state index contributed by atoms with van der Waals surface area (Å²) in [7, 11) is 4.36. The van der Waals surface area contributed by atoms with E-state index >= 15 is 0 Å². The van der Waals surface area contributed by atoms with E-state index in [1.165, 1.54) is 6.42 Å². The first kappa shape index (κ1) is 16.9. The highest BCUT2D eigenvalue weighted by Gasteiger charge is 2.32. The molecule has 0 spiro atoms. The fourth-order valence-electron chi connectivity index (χ4n) is 3.11. The summed E-state index contributed by atoms with van der Waals surface area (Å²) in [5.41, 5.74) is 4.18. The van der Waals surface area contributed by atoms with Crippen LogP contribution in [0.5, 0.6) is 0 Å². The number of aromatic nitrogens is 2. The van der Waals surface area contributed by atoms with Crippen LogP contribution >= 0.6 is 15.9 Å². The van der Waals surface area contributed by atoms with Crippen molar-refractivity contribution in [2.24, 2.45) is 5.84 Å². The van der Waals surface area contributed by atoms with E-state index in [0.717, 1.165) is 42.8 Å². The maximum absolute atomic E-state index is 5.93. The van der Waals surface area contributed by atoms with Crippen molar-refractivity contribution in [1.29, 1.82) is 0 Å². The summed E-state index contributed by atoms with van der Waals surface area (Å²) >= 11 is 3.64. The quantitative estimate of drug-likeness (QED) is 0.611. The molecular weight excluding hydrogens is 332 g/mol. The topological polar surface area (TPSA) is 62.4 Å². The number of nitrogens with two attached hydrogens (primary N) is 1. The van der Waals surface area contributed by atoms with Crippen LogP contribution in [0, 0.1) is 0 Å². The second-order valence-corrected chi connectivity index (χ2v) is 6.76. The number of hydrogen-bond donors (Lipinski definition) is 2. The summed E-state index contributed by atoms with van der Waals surface area (Å²) in [6.45, 7) is 6.29. The summed E-state index contributed by atoms with van der Waals surface area (Å²) in [6, 6.07) is 0.380. The summed E-state index contributed by atoms with van der Waals surface area (Å²) in [5, 5.41) is 4.48. The van der Waals surface area contributed by atoms with Gasteiger partial charge in [0.05, 0.1) is 22.4 Å². The first-order valence-corrected chi connectivity index (χ1v) is 8.43. The standard InChI is InChI=1S/C14H27BrN6/c1-4-6-21-14(11(15)9-17-21)13(18-16)12-10-19(2)7-5-8-20(12)3/h9,12-13,18H,4-8,10,16H2,1-3H3. The molecule has 7 heteroatoms. The minimum atomic E-state index is 0.0546. The number of halogens is 1. The van der Waals surface area contributed by atoms with Crippen LogP contribution < -0.4 is 11.3 Å². The van der Waals surface area contributed by atoms with E-state index in [9.17, 15) is 0 Å². The van der Waals surface area contributed by atoms with Gasteiger partial charge in [-0.1, -0.05) is 6.92 Å². The molecule has 6 nitrogen and oxygen atoms in total. The number of nitrogens with zero attached hydrogens (tertiary/aromatic N) is 4. The molecule has 1 aliphatic heterocycles. The van der Waals surface area contributed by atoms with E-state index in [-0.39, 0.29) is 6.04 Å². The van der Waals surface area contributed by atoms with Gasteiger partial charge >= 0.3 is 0 Å². The Morgan fingerprint density at radius 1 is 1.48 bits per heavy atom. The molecule has 2 unspecified atom stereocenters. The van der Waals surface area contributed by atoms with Gasteiger partial charge in [-0.25, -0.2) is 5.43 Å². The summed E-state index contributed by atoms with van der Waals surface area (Å²) < 4.78 is 3.09. The van der Waals surface area contributed by atoms with Crippen LogP contribution in [-0.4, -0.2) is 59.4 Å². The van der Waals surface area contributed by atoms with Crippen molar-refractivity contribution >= 4 is 15.9 Å². The minimum Gasteiger partial charge on any atom is -0.305 e. The smallest absolute Gasteiger partial charge is 0.0807 e. The van der Waals surface area contributed by atoms with Gasteiger partial charge in [0.15, 0.2) is 0 Å². The average Bonchev–Trinajstić information content (AvgIpc) is 2.71. The Labute approximate surface area is 135 Å². The zero-order valence-electron chi connectivity index (χ0n) is 13.2. The van der Waals surface area contributed by atoms with Crippen molar-refractivity contribution < 1.29 is 0 Å². The van der Waals surface area contributed by atoms with E-state index in [1.807, 2.05) is 6.20 Å². The van der Waals surface area contributed by atoms with Gasteiger partial charge in [0.1, 0.15) is 0 Å². The van der Waals surface area contributed by atoms with Gasteiger partial charge in [-0.3, -0.25) is 10.5 Å². The zero-order chi connectivity index (χ0) is 15.4. The second kappa shape index (κ2) is 7.69. The van der Waals surface area contributed by atoms with E-state index in [1.54, 1.807) is 0 Å². The molecule has 1 fully saturated rings. The van der Waals surface area contributed by atoms with Crippen LogP contribution in [0.2, 0.25) is 0 Å². The minimum absolute atomic E-state index is 0.0546. The van der Waals surface area contributed by atoms with Crippen LogP contribution in [0.3, 0.4) is 0 Å². The lowest BCUT2D eigenvalue weighted by molar-refractivity contribution is 0.173. The maximum Gasteiger partial charge on any atom is 0.0807 e. The lowest BCUT2D eigenvalue weighted by Gasteiger charge is -2.34. The SMILES string of the molecule is CCCn1ncc(Br)c1C(NN)C1CN(C)CCCN1C. The molecule has 1 aliphatic rings. The Morgan fingerprint density at radius 2 is 2.24 bits per heavy atom. The van der Waals surface area contributed by atoms with Gasteiger partial charge in [0, 0.05) is 19.1 Å². The van der Waals surface area contributed by atoms with Crippen molar-refractivity contribution in [3.63, 3.8) is 0 Å². The van der Waals surface area contributed by atoms with Gasteiger partial charge in [0.25, 0.3) is 0 Å². The maximum atomic E-state index is 5.93. The number of hydrazine groups is 1. The van der Waals surface area contributed by atoms with E-state index in [0.29, 0.717) is 6.04 Å². The third-order valence-electron chi connectivity index (χ3n) is 4.24. The van der Waals surface area contributed by atoms with Gasteiger partial charge in [-0.05, 0) is 56.0 Å². The molecule has 21 heavy (non-hydrogen) atoms. The molecule has 3 N–H and O–H groups in total. The molecule has 2 atom stereocenters. The van der Waals surface area contributed by atoms with Crippen molar-refractivity contribution in [1.82, 2.24) is 25.0 Å². The van der Waals surface area contributed by atoms with Crippen molar-refractivity contribution in [3.05, 3.63) is 16.4 Å². The Kier molecular flexibility index (Phi) is 6.19. The molecule has 1 aromatic heterocycles. The van der Waals surface area contributed by atoms with Gasteiger partial charge in [0.2, 0.25) is 0 Å². The van der Waals surface area contributed by atoms with E-state index in [2.05, 4.69) is 62.0 Å². The number of nitrogens with one attached hydrogen (secondary N) is 1. The van der Waals surface area contributed by atoms with Gasteiger partial charge < -0.3 is 9.80 Å². The molecule has 120 valence electrons. The molecule has 0 aliphatic carbocycles. The van der Waals surface area contributed by atoms with Crippen molar-refractivity contribution in [2.45, 2.75) is 38.4 Å². The highest BCUT2D eigenvalue weighted by atomic mass is 79.9. The normalized spacial score (nSPS) is 23.2. The van der Waals surface area contributed by atoms with Crippen LogP contribution in [0.25, 0.3) is 0 Å². The van der Waals surface area contributed by atoms with Crippen molar-refractivity contribution in [2.75, 3.05) is 33.7 Å².